The molecule has 0 radical (unpaired) electrons. The van der Waals surface area contributed by atoms with Gasteiger partial charge in [-0.1, -0.05) is 47.3 Å². The summed E-state index contributed by atoms with van der Waals surface area (Å²) >= 11 is 3.40. The van der Waals surface area contributed by atoms with E-state index in [2.05, 4.69) is 25.3 Å². The fourth-order valence-electron chi connectivity index (χ4n) is 3.97. The maximum Gasteiger partial charge on any atom is 0.253 e. The number of benzene rings is 1. The van der Waals surface area contributed by atoms with Gasteiger partial charge in [0.25, 0.3) is 5.89 Å². The standard InChI is InChI=1S/C22H17N5O2S2/c1-12-17(19(27-29-12)13-6-3-2-4-7-13)20-26-25-16(28-20)10-30-21-18-14-8-5-9-15(14)31-22(18)24-11-23-21/h2-4,6-7,11H,5,8-10H2,1H3. The molecule has 0 saturated heterocycles. The van der Waals surface area contributed by atoms with E-state index < -0.39 is 0 Å². The Hall–Kier alpha value is -3.04. The molecule has 7 nitrogen and oxygen atoms in total. The summed E-state index contributed by atoms with van der Waals surface area (Å²) in [6.07, 6.45) is 5.11. The van der Waals surface area contributed by atoms with Crippen molar-refractivity contribution in [3.8, 4) is 22.7 Å². The van der Waals surface area contributed by atoms with Crippen LogP contribution in [0.25, 0.3) is 32.9 Å². The number of fused-ring (bicyclic) bond motifs is 3. The molecule has 6 rings (SSSR count). The van der Waals surface area contributed by atoms with Gasteiger partial charge in [0.2, 0.25) is 5.89 Å². The van der Waals surface area contributed by atoms with Crippen LogP contribution in [0, 0.1) is 6.92 Å². The van der Waals surface area contributed by atoms with E-state index in [0.29, 0.717) is 29.0 Å². The lowest BCUT2D eigenvalue weighted by atomic mass is 10.1. The van der Waals surface area contributed by atoms with Crippen LogP contribution in [-0.4, -0.2) is 25.3 Å². The summed E-state index contributed by atoms with van der Waals surface area (Å²) in [5, 5.41) is 14.9. The number of nitrogens with zero attached hydrogens (tertiary/aromatic N) is 5. The van der Waals surface area contributed by atoms with E-state index in [4.69, 9.17) is 8.94 Å². The molecule has 0 atom stereocenters. The molecule has 154 valence electrons. The molecule has 0 amide bonds. The number of aromatic nitrogens is 5. The van der Waals surface area contributed by atoms with Gasteiger partial charge >= 0.3 is 0 Å². The summed E-state index contributed by atoms with van der Waals surface area (Å²) in [4.78, 5) is 11.5. The third-order valence-corrected chi connectivity index (χ3v) is 7.56. The van der Waals surface area contributed by atoms with Gasteiger partial charge in [-0.2, -0.15) is 0 Å². The Labute approximate surface area is 185 Å². The Bertz CT molecular complexity index is 1390. The smallest absolute Gasteiger partial charge is 0.253 e. The summed E-state index contributed by atoms with van der Waals surface area (Å²) in [6, 6.07) is 9.84. The first-order chi connectivity index (χ1) is 15.3. The Morgan fingerprint density at radius 2 is 2.00 bits per heavy atom. The lowest BCUT2D eigenvalue weighted by Gasteiger charge is -2.02. The lowest BCUT2D eigenvalue weighted by molar-refractivity contribution is 0.399. The number of thioether (sulfide) groups is 1. The third-order valence-electron chi connectivity index (χ3n) is 5.39. The maximum absolute atomic E-state index is 6.00. The first-order valence-corrected chi connectivity index (χ1v) is 11.8. The van der Waals surface area contributed by atoms with Crippen LogP contribution < -0.4 is 0 Å². The van der Waals surface area contributed by atoms with E-state index in [1.165, 1.54) is 22.2 Å². The number of hydrogen-bond acceptors (Lipinski definition) is 9. The second-order valence-corrected chi connectivity index (χ2v) is 9.38. The van der Waals surface area contributed by atoms with Gasteiger partial charge in [0, 0.05) is 15.8 Å². The van der Waals surface area contributed by atoms with Crippen LogP contribution in [0.3, 0.4) is 0 Å². The van der Waals surface area contributed by atoms with Crippen molar-refractivity contribution in [1.29, 1.82) is 0 Å². The molecular formula is C22H17N5O2S2. The fourth-order valence-corrected chi connectivity index (χ4v) is 6.13. The molecule has 0 bridgehead atoms. The van der Waals surface area contributed by atoms with Gasteiger partial charge in [0.05, 0.1) is 5.75 Å². The van der Waals surface area contributed by atoms with Gasteiger partial charge in [-0.25, -0.2) is 9.97 Å². The molecule has 0 fully saturated rings. The van der Waals surface area contributed by atoms with Crippen LogP contribution in [-0.2, 0) is 18.6 Å². The SMILES string of the molecule is Cc1onc(-c2ccccc2)c1-c1nnc(CSc2ncnc3sc4c(c23)CCC4)o1. The fraction of sp³-hybridized carbons (Fsp3) is 0.227. The van der Waals surface area contributed by atoms with Gasteiger partial charge in [-0.3, -0.25) is 0 Å². The highest BCUT2D eigenvalue weighted by Gasteiger charge is 2.23. The van der Waals surface area contributed by atoms with Crippen LogP contribution in [0.4, 0.5) is 0 Å². The van der Waals surface area contributed by atoms with E-state index in [9.17, 15) is 0 Å². The molecule has 9 heteroatoms. The zero-order valence-corrected chi connectivity index (χ0v) is 18.3. The normalized spacial score (nSPS) is 13.2. The number of thiophene rings is 1. The summed E-state index contributed by atoms with van der Waals surface area (Å²) in [5.74, 6) is 2.14. The van der Waals surface area contributed by atoms with Crippen LogP contribution >= 0.6 is 23.1 Å². The number of hydrogen-bond donors (Lipinski definition) is 0. The molecule has 1 aliphatic rings. The van der Waals surface area contributed by atoms with Crippen molar-refractivity contribution in [3.63, 3.8) is 0 Å². The zero-order valence-electron chi connectivity index (χ0n) is 16.7. The largest absolute Gasteiger partial charge is 0.420 e. The van der Waals surface area contributed by atoms with Crippen LogP contribution in [0.2, 0.25) is 0 Å². The quantitative estimate of drug-likeness (QED) is 0.258. The summed E-state index contributed by atoms with van der Waals surface area (Å²) < 4.78 is 11.4. The minimum atomic E-state index is 0.414. The van der Waals surface area contributed by atoms with Crippen molar-refractivity contribution in [3.05, 3.63) is 58.8 Å². The van der Waals surface area contributed by atoms with E-state index >= 15 is 0 Å². The summed E-state index contributed by atoms with van der Waals surface area (Å²) in [7, 11) is 0. The van der Waals surface area contributed by atoms with E-state index in [1.807, 2.05) is 37.3 Å². The molecule has 0 saturated carbocycles. The van der Waals surface area contributed by atoms with Crippen molar-refractivity contribution in [2.75, 3.05) is 0 Å². The zero-order chi connectivity index (χ0) is 20.8. The highest BCUT2D eigenvalue weighted by molar-refractivity contribution is 7.98. The maximum atomic E-state index is 6.00. The number of aryl methyl sites for hydroxylation is 3. The van der Waals surface area contributed by atoms with E-state index in [1.54, 1.807) is 29.4 Å². The Kier molecular flexibility index (Phi) is 4.57. The summed E-state index contributed by atoms with van der Waals surface area (Å²) in [6.45, 7) is 1.85. The van der Waals surface area contributed by atoms with Gasteiger partial charge in [0.15, 0.2) is 0 Å². The van der Waals surface area contributed by atoms with Crippen LogP contribution in [0.5, 0.6) is 0 Å². The molecule has 1 aliphatic carbocycles. The van der Waals surface area contributed by atoms with Crippen LogP contribution in [0.15, 0.2) is 50.6 Å². The van der Waals surface area contributed by atoms with E-state index in [0.717, 1.165) is 33.8 Å². The van der Waals surface area contributed by atoms with Gasteiger partial charge in [0.1, 0.15) is 33.2 Å². The topological polar surface area (TPSA) is 90.7 Å². The van der Waals surface area contributed by atoms with E-state index in [-0.39, 0.29) is 0 Å². The predicted octanol–water partition coefficient (Wildman–Crippen LogP) is 5.49. The van der Waals surface area contributed by atoms with Gasteiger partial charge in [-0.05, 0) is 31.7 Å². The average Bonchev–Trinajstić information content (AvgIpc) is 3.56. The molecule has 0 aliphatic heterocycles. The molecule has 5 aromatic rings. The second kappa shape index (κ2) is 7.58. The average molecular weight is 448 g/mol. The predicted molar refractivity (Wildman–Crippen MR) is 119 cm³/mol. The minimum absolute atomic E-state index is 0.414. The summed E-state index contributed by atoms with van der Waals surface area (Å²) in [5.41, 5.74) is 3.79. The highest BCUT2D eigenvalue weighted by atomic mass is 32.2. The monoisotopic (exact) mass is 447 g/mol. The van der Waals surface area contributed by atoms with Crippen molar-refractivity contribution < 1.29 is 8.94 Å². The Balaban J connectivity index is 1.28. The molecule has 0 unspecified atom stereocenters. The first-order valence-electron chi connectivity index (χ1n) is 10.0. The molecule has 1 aromatic carbocycles. The molecule has 0 N–H and O–H groups in total. The Morgan fingerprint density at radius 3 is 2.90 bits per heavy atom. The first kappa shape index (κ1) is 18.7. The molecule has 4 heterocycles. The molecule has 0 spiro atoms. The minimum Gasteiger partial charge on any atom is -0.420 e. The van der Waals surface area contributed by atoms with Gasteiger partial charge in [-0.15, -0.1) is 21.5 Å². The molecule has 4 aromatic heterocycles. The lowest BCUT2D eigenvalue weighted by Crippen LogP contribution is -1.88. The second-order valence-electron chi connectivity index (χ2n) is 7.33. The van der Waals surface area contributed by atoms with Crippen LogP contribution in [0.1, 0.15) is 28.5 Å². The van der Waals surface area contributed by atoms with Gasteiger partial charge < -0.3 is 8.94 Å². The molecular weight excluding hydrogens is 430 g/mol. The third kappa shape index (κ3) is 3.24. The van der Waals surface area contributed by atoms with Crippen molar-refractivity contribution in [1.82, 2.24) is 25.3 Å². The van der Waals surface area contributed by atoms with Crippen molar-refractivity contribution in [2.45, 2.75) is 37.0 Å². The highest BCUT2D eigenvalue weighted by Crippen LogP contribution is 2.41. The molecule has 31 heavy (non-hydrogen) atoms. The Morgan fingerprint density at radius 1 is 1.10 bits per heavy atom. The number of rotatable bonds is 5. The van der Waals surface area contributed by atoms with Crippen molar-refractivity contribution in [2.24, 2.45) is 0 Å². The van der Waals surface area contributed by atoms with Crippen molar-refractivity contribution >= 4 is 33.3 Å².